The highest BCUT2D eigenvalue weighted by Crippen LogP contribution is 2.24. The van der Waals surface area contributed by atoms with Crippen LogP contribution in [0.3, 0.4) is 0 Å². The predicted octanol–water partition coefficient (Wildman–Crippen LogP) is 2.96. The molecule has 1 aromatic heterocycles. The second-order valence-corrected chi connectivity index (χ2v) is 5.56. The Hall–Kier alpha value is -2.30. The zero-order valence-electron chi connectivity index (χ0n) is 13.9. The highest BCUT2D eigenvalue weighted by atomic mass is 16.5. The number of nitrogens with one attached hydrogen (secondary N) is 1. The fraction of sp³-hybridized carbons (Fsp3) is 0.444. The summed E-state index contributed by atoms with van der Waals surface area (Å²) in [6.45, 7) is 4.64. The Morgan fingerprint density at radius 1 is 1.35 bits per heavy atom. The monoisotopic (exact) mass is 317 g/mol. The molecule has 1 N–H and O–H groups in total. The number of fused-ring (bicyclic) bond motifs is 1. The van der Waals surface area contributed by atoms with Gasteiger partial charge in [-0.25, -0.2) is 4.79 Å². The van der Waals surface area contributed by atoms with E-state index in [0.717, 1.165) is 23.8 Å². The van der Waals surface area contributed by atoms with Gasteiger partial charge in [-0.2, -0.15) is 0 Å². The number of methoxy groups -OCH3 is 1. The Labute approximate surface area is 135 Å². The molecule has 0 bridgehead atoms. The van der Waals surface area contributed by atoms with Crippen molar-refractivity contribution in [1.82, 2.24) is 5.32 Å². The number of benzene rings is 1. The van der Waals surface area contributed by atoms with Crippen molar-refractivity contribution in [3.05, 3.63) is 39.7 Å². The maximum absolute atomic E-state index is 12.2. The first-order chi connectivity index (χ1) is 11.1. The molecule has 5 nitrogen and oxygen atoms in total. The third kappa shape index (κ3) is 4.12. The van der Waals surface area contributed by atoms with Crippen molar-refractivity contribution in [2.75, 3.05) is 13.7 Å². The van der Waals surface area contributed by atoms with E-state index in [9.17, 15) is 9.59 Å². The lowest BCUT2D eigenvalue weighted by molar-refractivity contribution is -0.121. The summed E-state index contributed by atoms with van der Waals surface area (Å²) in [7, 11) is 1.57. The average Bonchev–Trinajstić information content (AvgIpc) is 2.54. The molecule has 2 aromatic rings. The van der Waals surface area contributed by atoms with Crippen LogP contribution in [0.5, 0.6) is 5.75 Å². The van der Waals surface area contributed by atoms with Crippen molar-refractivity contribution < 1.29 is 13.9 Å². The van der Waals surface area contributed by atoms with Gasteiger partial charge >= 0.3 is 5.63 Å². The van der Waals surface area contributed by atoms with Crippen LogP contribution in [0.2, 0.25) is 0 Å². The molecule has 5 heteroatoms. The number of carbonyl (C=O) groups is 1. The molecule has 0 aliphatic rings. The molecule has 23 heavy (non-hydrogen) atoms. The standard InChI is InChI=1S/C18H23NO4/c1-4-5-10-19-17(20)9-8-15-12(2)14-7-6-13(22-3)11-16(14)23-18(15)21/h6-7,11H,4-5,8-10H2,1-3H3,(H,19,20). The maximum atomic E-state index is 12.2. The van der Waals surface area contributed by atoms with Gasteiger partial charge in [0.15, 0.2) is 0 Å². The first kappa shape index (κ1) is 17.1. The molecule has 0 spiro atoms. The Bertz CT molecular complexity index is 749. The van der Waals surface area contributed by atoms with E-state index in [-0.39, 0.29) is 18.0 Å². The summed E-state index contributed by atoms with van der Waals surface area (Å²) >= 11 is 0. The van der Waals surface area contributed by atoms with E-state index in [1.165, 1.54) is 0 Å². The molecule has 1 amide bonds. The Morgan fingerprint density at radius 3 is 2.83 bits per heavy atom. The highest BCUT2D eigenvalue weighted by Gasteiger charge is 2.13. The van der Waals surface area contributed by atoms with Crippen molar-refractivity contribution in [2.24, 2.45) is 0 Å². The summed E-state index contributed by atoms with van der Waals surface area (Å²) in [4.78, 5) is 24.0. The van der Waals surface area contributed by atoms with Gasteiger partial charge in [0, 0.05) is 30.0 Å². The molecule has 0 saturated heterocycles. The van der Waals surface area contributed by atoms with Crippen LogP contribution in [0.1, 0.15) is 37.3 Å². The number of hydrogen-bond donors (Lipinski definition) is 1. The van der Waals surface area contributed by atoms with Gasteiger partial charge in [0.2, 0.25) is 5.91 Å². The lowest BCUT2D eigenvalue weighted by Crippen LogP contribution is -2.25. The van der Waals surface area contributed by atoms with E-state index >= 15 is 0 Å². The van der Waals surface area contributed by atoms with Crippen molar-refractivity contribution >= 4 is 16.9 Å². The summed E-state index contributed by atoms with van der Waals surface area (Å²) in [5, 5.41) is 3.72. The molecule has 2 rings (SSSR count). The molecule has 0 atom stereocenters. The molecule has 124 valence electrons. The number of rotatable bonds is 7. The first-order valence-corrected chi connectivity index (χ1v) is 7.93. The largest absolute Gasteiger partial charge is 0.497 e. The van der Waals surface area contributed by atoms with Gasteiger partial charge in [-0.05, 0) is 37.5 Å². The lowest BCUT2D eigenvalue weighted by atomic mass is 10.0. The van der Waals surface area contributed by atoms with Crippen LogP contribution in [0.4, 0.5) is 0 Å². The van der Waals surface area contributed by atoms with Crippen LogP contribution >= 0.6 is 0 Å². The van der Waals surface area contributed by atoms with Gasteiger partial charge in [0.1, 0.15) is 11.3 Å². The van der Waals surface area contributed by atoms with Gasteiger partial charge in [-0.1, -0.05) is 13.3 Å². The van der Waals surface area contributed by atoms with Gasteiger partial charge in [-0.3, -0.25) is 4.79 Å². The second-order valence-electron chi connectivity index (χ2n) is 5.56. The summed E-state index contributed by atoms with van der Waals surface area (Å²) in [5.74, 6) is 0.607. The number of carbonyl (C=O) groups excluding carboxylic acids is 1. The van der Waals surface area contributed by atoms with E-state index in [1.54, 1.807) is 13.2 Å². The number of unbranched alkanes of at least 4 members (excludes halogenated alkanes) is 1. The van der Waals surface area contributed by atoms with Crippen LogP contribution < -0.4 is 15.7 Å². The average molecular weight is 317 g/mol. The minimum absolute atomic E-state index is 0.0351. The molecule has 0 unspecified atom stereocenters. The number of ether oxygens (including phenoxy) is 1. The minimum atomic E-state index is -0.385. The normalized spacial score (nSPS) is 10.7. The molecule has 0 aliphatic carbocycles. The zero-order chi connectivity index (χ0) is 16.8. The fourth-order valence-electron chi connectivity index (χ4n) is 2.52. The Morgan fingerprint density at radius 2 is 2.13 bits per heavy atom. The van der Waals surface area contributed by atoms with Gasteiger partial charge in [0.05, 0.1) is 7.11 Å². The minimum Gasteiger partial charge on any atom is -0.497 e. The number of aryl methyl sites for hydroxylation is 1. The highest BCUT2D eigenvalue weighted by molar-refractivity contribution is 5.82. The predicted molar refractivity (Wildman–Crippen MR) is 90.0 cm³/mol. The van der Waals surface area contributed by atoms with Gasteiger partial charge in [0.25, 0.3) is 0 Å². The van der Waals surface area contributed by atoms with Crippen molar-refractivity contribution in [2.45, 2.75) is 39.5 Å². The number of amides is 1. The maximum Gasteiger partial charge on any atom is 0.339 e. The Balaban J connectivity index is 2.18. The van der Waals surface area contributed by atoms with Gasteiger partial charge in [-0.15, -0.1) is 0 Å². The molecule has 0 radical (unpaired) electrons. The summed E-state index contributed by atoms with van der Waals surface area (Å²) in [6.07, 6.45) is 2.67. The lowest BCUT2D eigenvalue weighted by Gasteiger charge is -2.09. The smallest absolute Gasteiger partial charge is 0.339 e. The van der Waals surface area contributed by atoms with E-state index in [2.05, 4.69) is 12.2 Å². The first-order valence-electron chi connectivity index (χ1n) is 7.93. The van der Waals surface area contributed by atoms with Crippen LogP contribution in [-0.2, 0) is 11.2 Å². The summed E-state index contributed by atoms with van der Waals surface area (Å²) in [6, 6.07) is 5.40. The second kappa shape index (κ2) is 7.81. The third-order valence-corrected chi connectivity index (χ3v) is 3.95. The van der Waals surface area contributed by atoms with Crippen LogP contribution in [-0.4, -0.2) is 19.6 Å². The van der Waals surface area contributed by atoms with E-state index in [1.807, 2.05) is 19.1 Å². The molecule has 1 aromatic carbocycles. The zero-order valence-corrected chi connectivity index (χ0v) is 13.9. The van der Waals surface area contributed by atoms with Crippen LogP contribution in [0.25, 0.3) is 11.0 Å². The molecule has 1 heterocycles. The van der Waals surface area contributed by atoms with E-state index in [0.29, 0.717) is 29.9 Å². The third-order valence-electron chi connectivity index (χ3n) is 3.95. The number of hydrogen-bond acceptors (Lipinski definition) is 4. The van der Waals surface area contributed by atoms with E-state index in [4.69, 9.17) is 9.15 Å². The fourth-order valence-corrected chi connectivity index (χ4v) is 2.52. The molecular formula is C18H23NO4. The molecule has 0 saturated carbocycles. The summed E-state index contributed by atoms with van der Waals surface area (Å²) in [5.41, 5.74) is 1.54. The van der Waals surface area contributed by atoms with Gasteiger partial charge < -0.3 is 14.5 Å². The van der Waals surface area contributed by atoms with Crippen LogP contribution in [0.15, 0.2) is 27.4 Å². The Kier molecular flexibility index (Phi) is 5.79. The van der Waals surface area contributed by atoms with Crippen LogP contribution in [0, 0.1) is 6.92 Å². The van der Waals surface area contributed by atoms with Crippen molar-refractivity contribution in [1.29, 1.82) is 0 Å². The molecule has 0 fully saturated rings. The summed E-state index contributed by atoms with van der Waals surface area (Å²) < 4.78 is 10.5. The molecular weight excluding hydrogens is 294 g/mol. The van der Waals surface area contributed by atoms with E-state index < -0.39 is 0 Å². The topological polar surface area (TPSA) is 68.5 Å². The quantitative estimate of drug-likeness (QED) is 0.630. The van der Waals surface area contributed by atoms with Crippen molar-refractivity contribution in [3.63, 3.8) is 0 Å². The van der Waals surface area contributed by atoms with Crippen molar-refractivity contribution in [3.8, 4) is 5.75 Å². The SMILES string of the molecule is CCCCNC(=O)CCc1c(C)c2ccc(OC)cc2oc1=O. The molecule has 0 aliphatic heterocycles.